The van der Waals surface area contributed by atoms with Crippen LogP contribution in [-0.2, 0) is 30.3 Å². The lowest BCUT2D eigenvalue weighted by atomic mass is 9.86. The van der Waals surface area contributed by atoms with Crippen molar-refractivity contribution in [2.24, 2.45) is 5.92 Å². The number of hydrogen-bond donors (Lipinski definition) is 3. The molecule has 3 heterocycles. The van der Waals surface area contributed by atoms with Gasteiger partial charge in [0.15, 0.2) is 0 Å². The van der Waals surface area contributed by atoms with Crippen LogP contribution in [0.25, 0.3) is 10.9 Å². The van der Waals surface area contributed by atoms with Crippen molar-refractivity contribution in [3.63, 3.8) is 0 Å². The standard InChI is InChI=1S/C36H47N5O5S.C5H12O.C2H6/c1-3-4-5-6-7-8-13-28(33(44)40-47-35(2)18-19-35)39-34(45)29-20-36(22-41(29)30(43)21-37-23-42)17-16-26-25-11-9-10-12-27(25)38-31(24-14-15-24)32(26)46-36;1-5(2)4-6-3;1-2/h7-12,23-24,28-29H,3-6,13-22H2,1-2H3,(H,37,42)(H,39,45)(H,40,44);5H,4H2,1-3H3;1-2H3/b8-7-;;. The fourth-order valence-electron chi connectivity index (χ4n) is 7.05. The number of rotatable bonds is 17. The maximum absolute atomic E-state index is 14.1. The number of benzene rings is 1. The van der Waals surface area contributed by atoms with Crippen molar-refractivity contribution < 1.29 is 28.7 Å². The predicted molar refractivity (Wildman–Crippen MR) is 221 cm³/mol. The molecule has 2 aromatic rings. The quantitative estimate of drug-likeness (QED) is 0.0666. The zero-order chi connectivity index (χ0) is 40.0. The smallest absolute Gasteiger partial charge is 0.252 e. The normalized spacial score (nSPS) is 21.1. The Kier molecular flexibility index (Phi) is 16.9. The minimum absolute atomic E-state index is 0.0426. The van der Waals surface area contributed by atoms with E-state index >= 15 is 0 Å². The Balaban J connectivity index is 0.000000768. The van der Waals surface area contributed by atoms with Gasteiger partial charge >= 0.3 is 0 Å². The Morgan fingerprint density at radius 2 is 1.85 bits per heavy atom. The molecule has 3 fully saturated rings. The molecular formula is C43H65N5O6S. The molecule has 0 radical (unpaired) electrons. The Hall–Kier alpha value is -3.64. The van der Waals surface area contributed by atoms with Crippen molar-refractivity contribution in [2.45, 2.75) is 147 Å². The van der Waals surface area contributed by atoms with Crippen LogP contribution in [0.5, 0.6) is 5.75 Å². The number of nitrogens with one attached hydrogen (secondary N) is 3. The highest BCUT2D eigenvalue weighted by molar-refractivity contribution is 7.99. The highest BCUT2D eigenvalue weighted by Gasteiger charge is 2.53. The molecule has 1 spiro atoms. The second kappa shape index (κ2) is 21.0. The molecule has 3 unspecified atom stereocenters. The van der Waals surface area contributed by atoms with E-state index in [1.54, 1.807) is 7.11 Å². The first-order valence-electron chi connectivity index (χ1n) is 20.5. The number of hydrogen-bond acceptors (Lipinski definition) is 8. The number of unbranched alkanes of at least 4 members (excludes halogenated alkanes) is 3. The van der Waals surface area contributed by atoms with Crippen molar-refractivity contribution in [1.82, 2.24) is 25.2 Å². The van der Waals surface area contributed by atoms with Gasteiger partial charge in [-0.3, -0.25) is 23.9 Å². The molecule has 11 nitrogen and oxygen atoms in total. The molecule has 2 saturated carbocycles. The van der Waals surface area contributed by atoms with Crippen molar-refractivity contribution in [2.75, 3.05) is 26.8 Å². The average molecular weight is 780 g/mol. The number of nitrogens with zero attached hydrogens (tertiary/aromatic N) is 2. The molecule has 1 saturated heterocycles. The third-order valence-electron chi connectivity index (χ3n) is 10.4. The van der Waals surface area contributed by atoms with Crippen LogP contribution in [0.3, 0.4) is 0 Å². The Morgan fingerprint density at radius 3 is 2.49 bits per heavy atom. The van der Waals surface area contributed by atoms with Gasteiger partial charge in [-0.15, -0.1) is 0 Å². The van der Waals surface area contributed by atoms with Crippen LogP contribution in [0, 0.1) is 5.92 Å². The Morgan fingerprint density at radius 1 is 1.11 bits per heavy atom. The van der Waals surface area contributed by atoms with Crippen LogP contribution >= 0.6 is 11.9 Å². The third-order valence-corrected chi connectivity index (χ3v) is 11.7. The van der Waals surface area contributed by atoms with Gasteiger partial charge in [-0.25, -0.2) is 4.98 Å². The van der Waals surface area contributed by atoms with Crippen LogP contribution in [0.1, 0.15) is 129 Å². The van der Waals surface area contributed by atoms with Crippen LogP contribution in [0.2, 0.25) is 0 Å². The number of aromatic nitrogens is 1. The molecule has 2 aliphatic heterocycles. The van der Waals surface area contributed by atoms with Crippen molar-refractivity contribution >= 4 is 47.0 Å². The summed E-state index contributed by atoms with van der Waals surface area (Å²) >= 11 is 1.42. The van der Waals surface area contributed by atoms with E-state index in [0.717, 1.165) is 92.3 Å². The topological polar surface area (TPSA) is 139 Å². The fraction of sp³-hybridized carbons (Fsp3) is 0.651. The number of amides is 4. The summed E-state index contributed by atoms with van der Waals surface area (Å²) in [7, 11) is 1.72. The van der Waals surface area contributed by atoms with Crippen LogP contribution < -0.4 is 20.1 Å². The van der Waals surface area contributed by atoms with Gasteiger partial charge in [0.25, 0.3) is 5.91 Å². The number of para-hydroxylation sites is 1. The zero-order valence-corrected chi connectivity index (χ0v) is 35.0. The number of ether oxygens (including phenoxy) is 2. The monoisotopic (exact) mass is 779 g/mol. The summed E-state index contributed by atoms with van der Waals surface area (Å²) in [5.41, 5.74) is 2.29. The summed E-state index contributed by atoms with van der Waals surface area (Å²) < 4.78 is 14.7. The molecule has 12 heteroatoms. The summed E-state index contributed by atoms with van der Waals surface area (Å²) in [6.45, 7) is 13.4. The first-order valence-corrected chi connectivity index (χ1v) is 21.3. The van der Waals surface area contributed by atoms with E-state index in [1.807, 2.05) is 38.1 Å². The lowest BCUT2D eigenvalue weighted by Gasteiger charge is -2.37. The van der Waals surface area contributed by atoms with Gasteiger partial charge in [0.2, 0.25) is 18.2 Å². The molecule has 304 valence electrons. The molecule has 2 aliphatic carbocycles. The highest BCUT2D eigenvalue weighted by Crippen LogP contribution is 2.51. The van der Waals surface area contributed by atoms with E-state index in [-0.39, 0.29) is 36.1 Å². The molecule has 1 aromatic carbocycles. The van der Waals surface area contributed by atoms with Crippen LogP contribution in [-0.4, -0.2) is 83.3 Å². The number of allylic oxidation sites excluding steroid dienone is 1. The number of carbonyl (C=O) groups is 4. The molecule has 1 aromatic heterocycles. The number of likely N-dealkylation sites (tertiary alicyclic amines) is 1. The van der Waals surface area contributed by atoms with E-state index in [9.17, 15) is 19.2 Å². The van der Waals surface area contributed by atoms with E-state index in [0.29, 0.717) is 31.1 Å². The summed E-state index contributed by atoms with van der Waals surface area (Å²) in [6, 6.07) is 6.49. The van der Waals surface area contributed by atoms with E-state index in [1.165, 1.54) is 16.8 Å². The van der Waals surface area contributed by atoms with Gasteiger partial charge < -0.3 is 25.0 Å². The van der Waals surface area contributed by atoms with Gasteiger partial charge in [-0.2, -0.15) is 0 Å². The Bertz CT molecular complexity index is 1630. The number of fused-ring (bicyclic) bond motifs is 3. The molecule has 55 heavy (non-hydrogen) atoms. The molecule has 6 rings (SSSR count). The first-order chi connectivity index (χ1) is 26.5. The fourth-order valence-corrected chi connectivity index (χ4v) is 7.84. The van der Waals surface area contributed by atoms with Gasteiger partial charge in [-0.1, -0.05) is 77.8 Å². The molecule has 4 amide bonds. The van der Waals surface area contributed by atoms with Gasteiger partial charge in [0, 0.05) is 41.8 Å². The summed E-state index contributed by atoms with van der Waals surface area (Å²) in [5, 5.41) is 6.53. The van der Waals surface area contributed by atoms with E-state index in [4.69, 9.17) is 14.5 Å². The lowest BCUT2D eigenvalue weighted by molar-refractivity contribution is -0.139. The summed E-state index contributed by atoms with van der Waals surface area (Å²) in [4.78, 5) is 58.6. The molecule has 0 bridgehead atoms. The number of aryl methyl sites for hydroxylation is 1. The second-order valence-corrected chi connectivity index (χ2v) is 17.1. The van der Waals surface area contributed by atoms with Gasteiger partial charge in [0.05, 0.1) is 24.3 Å². The predicted octanol–water partition coefficient (Wildman–Crippen LogP) is 7.17. The minimum atomic E-state index is -0.854. The van der Waals surface area contributed by atoms with Gasteiger partial charge in [-0.05, 0) is 88.6 Å². The number of carbonyl (C=O) groups excluding carboxylic acids is 4. The van der Waals surface area contributed by atoms with Crippen LogP contribution in [0.15, 0.2) is 36.4 Å². The van der Waals surface area contributed by atoms with Crippen molar-refractivity contribution in [3.05, 3.63) is 47.7 Å². The summed E-state index contributed by atoms with van der Waals surface area (Å²) in [5.74, 6) is 0.817. The largest absolute Gasteiger partial charge is 0.483 e. The Labute approximate surface area is 333 Å². The summed E-state index contributed by atoms with van der Waals surface area (Å²) in [6.07, 6.45) is 15.0. The average Bonchev–Trinajstić information content (AvgIpc) is 4.13. The molecular weight excluding hydrogens is 715 g/mol. The van der Waals surface area contributed by atoms with Gasteiger partial charge in [0.1, 0.15) is 23.4 Å². The third kappa shape index (κ3) is 12.4. The lowest BCUT2D eigenvalue weighted by Crippen LogP contribution is -2.53. The van der Waals surface area contributed by atoms with E-state index in [2.05, 4.69) is 55.2 Å². The molecule has 3 atom stereocenters. The minimum Gasteiger partial charge on any atom is -0.483 e. The van der Waals surface area contributed by atoms with E-state index < -0.39 is 23.6 Å². The molecule has 4 aliphatic rings. The zero-order valence-electron chi connectivity index (χ0n) is 34.2. The molecule has 3 N–H and O–H groups in total. The van der Waals surface area contributed by atoms with Crippen molar-refractivity contribution in [3.8, 4) is 5.75 Å². The number of pyridine rings is 1. The highest BCUT2D eigenvalue weighted by atomic mass is 32.2. The van der Waals surface area contributed by atoms with Crippen LogP contribution in [0.4, 0.5) is 0 Å². The van der Waals surface area contributed by atoms with Crippen molar-refractivity contribution in [1.29, 1.82) is 0 Å². The second-order valence-electron chi connectivity index (χ2n) is 15.8. The first kappa shape index (κ1) is 44.1. The SMILES string of the molecule is CC.CCCCC/C=C\CC(NC(=O)C1CC2(CCc3c(c(C4CC4)nc4ccccc34)O2)CN1C(=O)CNC=O)C(=O)NSC1(C)CC1.COCC(C)C. The number of methoxy groups -OCH3 is 1. The maximum atomic E-state index is 14.1. The maximum Gasteiger partial charge on any atom is 0.252 e.